The average molecular weight is 1060 g/mol. The van der Waals surface area contributed by atoms with Crippen LogP contribution >= 0.6 is 0 Å². The molecule has 2 atom stereocenters. The van der Waals surface area contributed by atoms with Crippen molar-refractivity contribution in [1.82, 2.24) is 50.7 Å². The molecule has 77 heavy (non-hydrogen) atoms. The predicted molar refractivity (Wildman–Crippen MR) is 281 cm³/mol. The largest absolute Gasteiger partial charge is 0.445 e. The van der Waals surface area contributed by atoms with E-state index in [0.29, 0.717) is 64.5 Å². The number of unbranched alkanes of at least 4 members (excludes halogenated alkanes) is 2. The second-order valence-corrected chi connectivity index (χ2v) is 18.7. The van der Waals surface area contributed by atoms with Crippen molar-refractivity contribution < 1.29 is 47.1 Å². The number of fused-ring (bicyclic) bond motifs is 1. The SMILES string of the molecule is Cc1cccc(-c2nc(CN(CCc3c(F)cccc3F)C(=O)OCc3ccc(NC(=O)[C@H](CCCNC(N)=O)NC(=O)C(NC(=O)CCCCCN4C(=O)C=CC4=O)C(C)C)cc3)[nH]c2-c2ccc3nccnc3c2)n1. The topological polar surface area (TPSA) is 277 Å². The van der Waals surface area contributed by atoms with Crippen molar-refractivity contribution in [3.8, 4) is 22.6 Å². The van der Waals surface area contributed by atoms with Gasteiger partial charge in [-0.2, -0.15) is 0 Å². The Kier molecular flexibility index (Phi) is 19.2. The van der Waals surface area contributed by atoms with Gasteiger partial charge in [-0.3, -0.25) is 43.8 Å². The number of carbonyl (C=O) groups is 7. The van der Waals surface area contributed by atoms with Crippen molar-refractivity contribution >= 4 is 58.4 Å². The van der Waals surface area contributed by atoms with Gasteiger partial charge in [0.25, 0.3) is 11.8 Å². The number of nitrogens with one attached hydrogen (secondary N) is 5. The number of urea groups is 1. The third kappa shape index (κ3) is 15.6. The lowest BCUT2D eigenvalue weighted by atomic mass is 10.0. The molecular weight excluding hydrogens is 995 g/mol. The van der Waals surface area contributed by atoms with Crippen molar-refractivity contribution in [3.63, 3.8) is 0 Å². The van der Waals surface area contributed by atoms with Crippen LogP contribution in [0.25, 0.3) is 33.7 Å². The summed E-state index contributed by atoms with van der Waals surface area (Å²) in [4.78, 5) is 114. The fourth-order valence-corrected chi connectivity index (χ4v) is 8.48. The Labute approximate surface area is 442 Å². The first-order chi connectivity index (χ1) is 37.0. The van der Waals surface area contributed by atoms with E-state index in [1.54, 1.807) is 50.5 Å². The van der Waals surface area contributed by atoms with Gasteiger partial charge in [0.15, 0.2) is 0 Å². The van der Waals surface area contributed by atoms with Crippen LogP contribution in [-0.4, -0.2) is 108 Å². The van der Waals surface area contributed by atoms with E-state index in [-0.39, 0.29) is 87.7 Å². The number of benzene rings is 3. The Hall–Kier alpha value is -8.95. The minimum atomic E-state index is -1.11. The number of imidazole rings is 1. The summed E-state index contributed by atoms with van der Waals surface area (Å²) in [6, 6.07) is 18.2. The van der Waals surface area contributed by atoms with Crippen molar-refractivity contribution in [2.45, 2.75) is 91.0 Å². The van der Waals surface area contributed by atoms with E-state index < -0.39 is 47.7 Å². The van der Waals surface area contributed by atoms with Gasteiger partial charge in [0.1, 0.15) is 41.8 Å². The van der Waals surface area contributed by atoms with Gasteiger partial charge in [0.2, 0.25) is 17.7 Å². The first kappa shape index (κ1) is 55.8. The summed E-state index contributed by atoms with van der Waals surface area (Å²) in [6.07, 6.45) is 6.58. The number of carbonyl (C=O) groups excluding carboxylic acids is 7. The number of pyridine rings is 1. The maximum Gasteiger partial charge on any atom is 0.410 e. The van der Waals surface area contributed by atoms with Crippen LogP contribution in [0.15, 0.2) is 103 Å². The first-order valence-electron chi connectivity index (χ1n) is 25.2. The van der Waals surface area contributed by atoms with E-state index in [1.165, 1.54) is 23.1 Å². The molecule has 1 aliphatic heterocycles. The number of anilines is 1. The Morgan fingerprint density at radius 2 is 1.53 bits per heavy atom. The number of halogens is 2. The van der Waals surface area contributed by atoms with Gasteiger partial charge in [0, 0.05) is 73.1 Å². The molecule has 3 aromatic heterocycles. The van der Waals surface area contributed by atoms with E-state index >= 15 is 0 Å². The zero-order valence-corrected chi connectivity index (χ0v) is 42.8. The number of rotatable bonds is 25. The number of nitrogens with zero attached hydrogens (tertiary/aromatic N) is 6. The summed E-state index contributed by atoms with van der Waals surface area (Å²) in [7, 11) is 0. The monoisotopic (exact) mass is 1050 g/mol. The minimum Gasteiger partial charge on any atom is -0.445 e. The Balaban J connectivity index is 1.00. The van der Waals surface area contributed by atoms with E-state index in [1.807, 2.05) is 43.3 Å². The Morgan fingerprint density at radius 1 is 0.818 bits per heavy atom. The van der Waals surface area contributed by atoms with Crippen LogP contribution in [0.2, 0.25) is 0 Å². The molecule has 8 amide bonds. The summed E-state index contributed by atoms with van der Waals surface area (Å²) in [6.45, 7) is 5.17. The molecule has 0 saturated carbocycles. The number of amides is 8. The Morgan fingerprint density at radius 3 is 2.23 bits per heavy atom. The van der Waals surface area contributed by atoms with Crippen molar-refractivity contribution in [1.29, 1.82) is 0 Å². The number of aromatic amines is 1. The number of hydrogen-bond acceptors (Lipinski definition) is 12. The first-order valence-corrected chi connectivity index (χ1v) is 25.2. The lowest BCUT2D eigenvalue weighted by molar-refractivity contribution is -0.137. The van der Waals surface area contributed by atoms with Crippen molar-refractivity contribution in [2.75, 3.05) is 25.0 Å². The van der Waals surface area contributed by atoms with Crippen LogP contribution in [0, 0.1) is 24.5 Å². The van der Waals surface area contributed by atoms with Gasteiger partial charge in [-0.05, 0) is 99.0 Å². The molecule has 1 aliphatic rings. The lowest BCUT2D eigenvalue weighted by Gasteiger charge is -2.25. The predicted octanol–water partition coefficient (Wildman–Crippen LogP) is 6.55. The molecular formula is C55H60F2N12O8. The molecule has 6 aromatic rings. The van der Waals surface area contributed by atoms with Crippen LogP contribution in [0.5, 0.6) is 0 Å². The smallest absolute Gasteiger partial charge is 0.410 e. The van der Waals surface area contributed by atoms with E-state index in [0.717, 1.165) is 28.3 Å². The molecule has 20 nitrogen and oxygen atoms in total. The van der Waals surface area contributed by atoms with Crippen LogP contribution in [0.4, 0.5) is 24.1 Å². The lowest BCUT2D eigenvalue weighted by Crippen LogP contribution is -2.54. The molecule has 3 aromatic carbocycles. The van der Waals surface area contributed by atoms with Crippen LogP contribution in [0.1, 0.15) is 75.0 Å². The van der Waals surface area contributed by atoms with Gasteiger partial charge in [0.05, 0.1) is 29.0 Å². The molecule has 22 heteroatoms. The van der Waals surface area contributed by atoms with E-state index in [2.05, 4.69) is 36.2 Å². The van der Waals surface area contributed by atoms with Gasteiger partial charge in [-0.1, -0.05) is 50.6 Å². The standard InChI is InChI=1S/C55H60F2N12O8/c1-33(2)49(67-46(70)15-5-4-6-28-69-47(71)22-23-48(69)72)53(74)64-43(14-9-25-61-54(58)75)52(73)63-37-19-16-35(17-20-37)32-77-55(76)68(29-24-38-39(56)11-8-12-40(38)57)31-45-65-50(51(66-45)42-13-7-10-34(3)62-42)36-18-21-41-44(30-36)60-27-26-59-41/h7-8,10-13,16-23,26-27,30,33,43,49H,4-6,9,14-15,24-25,28-29,31-32H2,1-3H3,(H,63,73)(H,64,74)(H,65,66)(H,67,70)(H3,58,61,75)/t43-,49?/m0/s1. The van der Waals surface area contributed by atoms with Crippen LogP contribution < -0.4 is 27.0 Å². The van der Waals surface area contributed by atoms with Gasteiger partial charge in [-0.15, -0.1) is 0 Å². The zero-order valence-electron chi connectivity index (χ0n) is 42.8. The highest BCUT2D eigenvalue weighted by Crippen LogP contribution is 2.31. The number of primary amides is 1. The molecule has 0 saturated heterocycles. The maximum absolute atomic E-state index is 14.9. The summed E-state index contributed by atoms with van der Waals surface area (Å²) in [5.41, 5.74) is 10.4. The van der Waals surface area contributed by atoms with Crippen molar-refractivity contribution in [3.05, 3.63) is 138 Å². The molecule has 0 bridgehead atoms. The third-order valence-electron chi connectivity index (χ3n) is 12.6. The second-order valence-electron chi connectivity index (χ2n) is 18.7. The highest BCUT2D eigenvalue weighted by atomic mass is 19.1. The number of ether oxygens (including phenoxy) is 1. The minimum absolute atomic E-state index is 0.0876. The number of imide groups is 1. The van der Waals surface area contributed by atoms with Gasteiger partial charge >= 0.3 is 12.1 Å². The molecule has 4 heterocycles. The molecule has 0 spiro atoms. The zero-order chi connectivity index (χ0) is 55.0. The summed E-state index contributed by atoms with van der Waals surface area (Å²) < 4.78 is 35.6. The molecule has 0 fully saturated rings. The normalized spacial score (nSPS) is 12.9. The molecule has 7 N–H and O–H groups in total. The summed E-state index contributed by atoms with van der Waals surface area (Å²) >= 11 is 0. The van der Waals surface area contributed by atoms with Crippen LogP contribution in [0.3, 0.4) is 0 Å². The molecule has 402 valence electrons. The molecule has 7 rings (SSSR count). The second kappa shape index (κ2) is 26.5. The molecule has 0 aliphatic carbocycles. The van der Waals surface area contributed by atoms with Crippen molar-refractivity contribution in [2.24, 2.45) is 11.7 Å². The van der Waals surface area contributed by atoms with Gasteiger partial charge in [-0.25, -0.2) is 23.4 Å². The molecule has 0 radical (unpaired) electrons. The number of nitrogens with two attached hydrogens (primary N) is 1. The quantitative estimate of drug-likeness (QED) is 0.0263. The summed E-state index contributed by atoms with van der Waals surface area (Å²) in [5.74, 6) is -3.87. The highest BCUT2D eigenvalue weighted by Gasteiger charge is 2.30. The number of hydrogen-bond donors (Lipinski definition) is 6. The third-order valence-corrected chi connectivity index (χ3v) is 12.6. The molecule has 1 unspecified atom stereocenters. The summed E-state index contributed by atoms with van der Waals surface area (Å²) in [5, 5.41) is 10.8. The highest BCUT2D eigenvalue weighted by molar-refractivity contribution is 6.12. The van der Waals surface area contributed by atoms with Gasteiger partial charge < -0.3 is 41.6 Å². The fraction of sp³-hybridized carbons (Fsp3) is 0.327. The van der Waals surface area contributed by atoms with Crippen LogP contribution in [-0.2, 0) is 48.3 Å². The number of aromatic nitrogens is 5. The maximum atomic E-state index is 14.9. The number of H-pyrrole nitrogens is 1. The van der Waals surface area contributed by atoms with E-state index in [4.69, 9.17) is 20.4 Å². The average Bonchev–Trinajstić information content (AvgIpc) is 4.01. The Bertz CT molecular complexity index is 3110. The van der Waals surface area contributed by atoms with E-state index in [9.17, 15) is 42.3 Å². The number of aryl methyl sites for hydroxylation is 1. The fourth-order valence-electron chi connectivity index (χ4n) is 8.48.